The molecule has 1 N–H and O–H groups in total. The van der Waals surface area contributed by atoms with Crippen LogP contribution in [0.3, 0.4) is 0 Å². The zero-order valence-corrected chi connectivity index (χ0v) is 9.04. The van der Waals surface area contributed by atoms with Gasteiger partial charge in [0.15, 0.2) is 0 Å². The summed E-state index contributed by atoms with van der Waals surface area (Å²) in [5, 5.41) is 8.33. The second kappa shape index (κ2) is 5.07. The molecule has 0 saturated heterocycles. The van der Waals surface area contributed by atoms with E-state index in [9.17, 15) is 18.0 Å². The number of carboxylic acid groups (broad SMARTS) is 1. The summed E-state index contributed by atoms with van der Waals surface area (Å²) in [7, 11) is 1.29. The minimum atomic E-state index is -3.51. The number of hydrogen-bond acceptors (Lipinski definition) is 2. The summed E-state index contributed by atoms with van der Waals surface area (Å²) in [4.78, 5) is 10.2. The summed E-state index contributed by atoms with van der Waals surface area (Å²) in [6.07, 6.45) is -1.66. The van der Waals surface area contributed by atoms with Gasteiger partial charge >= 0.3 is 5.97 Å². The fourth-order valence-electron chi connectivity index (χ4n) is 1.32. The lowest BCUT2D eigenvalue weighted by atomic mass is 10.0. The lowest BCUT2D eigenvalue weighted by molar-refractivity contribution is -0.139. The summed E-state index contributed by atoms with van der Waals surface area (Å²) in [5.41, 5.74) is -0.820. The molecule has 0 fully saturated rings. The van der Waals surface area contributed by atoms with Crippen LogP contribution in [0, 0.1) is 5.82 Å². The van der Waals surface area contributed by atoms with E-state index < -0.39 is 36.1 Å². The Balaban J connectivity index is 2.94. The van der Waals surface area contributed by atoms with Gasteiger partial charge in [-0.25, -0.2) is 13.2 Å². The van der Waals surface area contributed by atoms with Crippen LogP contribution in [0.4, 0.5) is 13.2 Å². The zero-order valence-electron chi connectivity index (χ0n) is 9.04. The maximum Gasteiger partial charge on any atom is 0.303 e. The molecule has 0 atom stereocenters. The largest absolute Gasteiger partial charge is 0.497 e. The summed E-state index contributed by atoms with van der Waals surface area (Å²) in [6.45, 7) is 0. The van der Waals surface area contributed by atoms with E-state index in [4.69, 9.17) is 5.11 Å². The topological polar surface area (TPSA) is 46.5 Å². The van der Waals surface area contributed by atoms with E-state index in [1.165, 1.54) is 13.2 Å². The number of carboxylic acids is 1. The van der Waals surface area contributed by atoms with Gasteiger partial charge in [-0.2, -0.15) is 0 Å². The molecule has 1 aromatic carbocycles. The van der Waals surface area contributed by atoms with E-state index >= 15 is 0 Å². The molecule has 3 nitrogen and oxygen atoms in total. The lowest BCUT2D eigenvalue weighted by Crippen LogP contribution is -2.17. The van der Waals surface area contributed by atoms with E-state index in [-0.39, 0.29) is 5.75 Å². The predicted octanol–water partition coefficient (Wildman–Crippen LogP) is 2.79. The molecule has 0 bridgehead atoms. The van der Waals surface area contributed by atoms with Crippen molar-refractivity contribution in [3.05, 3.63) is 29.6 Å². The van der Waals surface area contributed by atoms with Gasteiger partial charge in [-0.1, -0.05) is 0 Å². The van der Waals surface area contributed by atoms with E-state index in [2.05, 4.69) is 4.74 Å². The van der Waals surface area contributed by atoms with Gasteiger partial charge in [0, 0.05) is 12.5 Å². The first-order valence-electron chi connectivity index (χ1n) is 4.80. The van der Waals surface area contributed by atoms with Crippen molar-refractivity contribution >= 4 is 5.97 Å². The number of halogens is 3. The molecule has 0 unspecified atom stereocenters. The molecule has 0 aliphatic carbocycles. The van der Waals surface area contributed by atoms with Crippen LogP contribution in [0.2, 0.25) is 0 Å². The monoisotopic (exact) mass is 248 g/mol. The van der Waals surface area contributed by atoms with Gasteiger partial charge < -0.3 is 9.84 Å². The Labute approximate surface area is 95.8 Å². The zero-order chi connectivity index (χ0) is 13.1. The van der Waals surface area contributed by atoms with Crippen LogP contribution in [0.25, 0.3) is 0 Å². The molecule has 94 valence electrons. The molecule has 0 amide bonds. The summed E-state index contributed by atoms with van der Waals surface area (Å²) in [6, 6.07) is 2.94. The highest BCUT2D eigenvalue weighted by atomic mass is 19.3. The Morgan fingerprint density at radius 2 is 2.12 bits per heavy atom. The van der Waals surface area contributed by atoms with Crippen LogP contribution in [-0.2, 0) is 10.7 Å². The number of ether oxygens (including phenoxy) is 1. The van der Waals surface area contributed by atoms with Crippen LogP contribution >= 0.6 is 0 Å². The third-order valence-corrected chi connectivity index (χ3v) is 2.22. The highest BCUT2D eigenvalue weighted by Crippen LogP contribution is 2.35. The minimum absolute atomic E-state index is 0.125. The third kappa shape index (κ3) is 3.37. The van der Waals surface area contributed by atoms with Crippen molar-refractivity contribution in [3.8, 4) is 5.75 Å². The van der Waals surface area contributed by atoms with Gasteiger partial charge in [-0.15, -0.1) is 0 Å². The molecule has 0 heterocycles. The molecule has 0 aliphatic heterocycles. The fourth-order valence-corrected chi connectivity index (χ4v) is 1.32. The molecule has 0 saturated carbocycles. The quantitative estimate of drug-likeness (QED) is 0.871. The summed E-state index contributed by atoms with van der Waals surface area (Å²) >= 11 is 0. The molecular weight excluding hydrogens is 237 g/mol. The van der Waals surface area contributed by atoms with Gasteiger partial charge in [-0.3, -0.25) is 4.79 Å². The molecule has 0 radical (unpaired) electrons. The SMILES string of the molecule is COc1ccc(C(F)(F)CCC(=O)O)c(F)c1. The summed E-state index contributed by atoms with van der Waals surface area (Å²) in [5.74, 6) is -5.84. The Morgan fingerprint density at radius 3 is 2.59 bits per heavy atom. The Hall–Kier alpha value is -1.72. The van der Waals surface area contributed by atoms with Gasteiger partial charge in [0.25, 0.3) is 5.92 Å². The Bertz CT molecular complexity index is 418. The third-order valence-electron chi connectivity index (χ3n) is 2.22. The van der Waals surface area contributed by atoms with Crippen molar-refractivity contribution in [3.63, 3.8) is 0 Å². The van der Waals surface area contributed by atoms with E-state index in [1.54, 1.807) is 0 Å². The number of carbonyl (C=O) groups is 1. The average molecular weight is 248 g/mol. The Morgan fingerprint density at radius 1 is 1.47 bits per heavy atom. The second-order valence-electron chi connectivity index (χ2n) is 3.44. The fraction of sp³-hybridized carbons (Fsp3) is 0.364. The van der Waals surface area contributed by atoms with Gasteiger partial charge in [0.2, 0.25) is 0 Å². The maximum atomic E-state index is 13.5. The van der Waals surface area contributed by atoms with Crippen molar-refractivity contribution in [2.24, 2.45) is 0 Å². The lowest BCUT2D eigenvalue weighted by Gasteiger charge is -2.16. The highest BCUT2D eigenvalue weighted by molar-refractivity contribution is 5.66. The number of benzene rings is 1. The van der Waals surface area contributed by atoms with E-state index in [0.29, 0.717) is 0 Å². The molecule has 1 aromatic rings. The first-order chi connectivity index (χ1) is 7.86. The first-order valence-corrected chi connectivity index (χ1v) is 4.80. The normalized spacial score (nSPS) is 11.3. The highest BCUT2D eigenvalue weighted by Gasteiger charge is 2.34. The average Bonchev–Trinajstić information content (AvgIpc) is 2.26. The number of aliphatic carboxylic acids is 1. The molecule has 0 aliphatic rings. The number of methoxy groups -OCH3 is 1. The standard InChI is InChI=1S/C11H11F3O3/c1-17-7-2-3-8(9(12)6-7)11(13,14)5-4-10(15)16/h2-3,6H,4-5H2,1H3,(H,15,16). The van der Waals surface area contributed by atoms with Gasteiger partial charge in [0.05, 0.1) is 19.1 Å². The van der Waals surface area contributed by atoms with Crippen molar-refractivity contribution in [2.75, 3.05) is 7.11 Å². The van der Waals surface area contributed by atoms with Crippen molar-refractivity contribution in [1.29, 1.82) is 0 Å². The van der Waals surface area contributed by atoms with E-state index in [0.717, 1.165) is 12.1 Å². The first kappa shape index (κ1) is 13.3. The van der Waals surface area contributed by atoms with Gasteiger partial charge in [-0.05, 0) is 12.1 Å². The van der Waals surface area contributed by atoms with Gasteiger partial charge in [0.1, 0.15) is 11.6 Å². The van der Waals surface area contributed by atoms with Crippen molar-refractivity contribution in [2.45, 2.75) is 18.8 Å². The maximum absolute atomic E-state index is 13.5. The molecule has 6 heteroatoms. The molecule has 0 aromatic heterocycles. The Kier molecular flexibility index (Phi) is 3.98. The molecule has 1 rings (SSSR count). The van der Waals surface area contributed by atoms with Crippen LogP contribution < -0.4 is 4.74 Å². The van der Waals surface area contributed by atoms with E-state index in [1.807, 2.05) is 0 Å². The second-order valence-corrected chi connectivity index (χ2v) is 3.44. The molecular formula is C11H11F3O3. The number of rotatable bonds is 5. The summed E-state index contributed by atoms with van der Waals surface area (Å²) < 4.78 is 45.0. The van der Waals surface area contributed by atoms with Crippen molar-refractivity contribution < 1.29 is 27.8 Å². The van der Waals surface area contributed by atoms with Crippen LogP contribution in [0.1, 0.15) is 18.4 Å². The smallest absolute Gasteiger partial charge is 0.303 e. The minimum Gasteiger partial charge on any atom is -0.497 e. The van der Waals surface area contributed by atoms with Crippen LogP contribution in [0.5, 0.6) is 5.75 Å². The molecule has 17 heavy (non-hydrogen) atoms. The van der Waals surface area contributed by atoms with Crippen LogP contribution in [0.15, 0.2) is 18.2 Å². The number of hydrogen-bond donors (Lipinski definition) is 1. The van der Waals surface area contributed by atoms with Crippen molar-refractivity contribution in [1.82, 2.24) is 0 Å². The number of alkyl halides is 2. The molecule has 0 spiro atoms. The van der Waals surface area contributed by atoms with Crippen LogP contribution in [-0.4, -0.2) is 18.2 Å². The predicted molar refractivity (Wildman–Crippen MR) is 53.7 cm³/mol.